The summed E-state index contributed by atoms with van der Waals surface area (Å²) in [6.45, 7) is 13.3. The van der Waals surface area contributed by atoms with E-state index < -0.39 is 0 Å². The fourth-order valence-electron chi connectivity index (χ4n) is 3.21. The van der Waals surface area contributed by atoms with Gasteiger partial charge in [-0.15, -0.1) is 11.6 Å². The molecule has 0 amide bonds. The number of aryl methyl sites for hydroxylation is 1. The van der Waals surface area contributed by atoms with E-state index in [9.17, 15) is 0 Å². The number of pyridine rings is 1. The predicted molar refractivity (Wildman–Crippen MR) is 85.2 cm³/mol. The summed E-state index contributed by atoms with van der Waals surface area (Å²) in [6.07, 6.45) is 2.93. The molecule has 0 N–H and O–H groups in total. The molecule has 0 atom stereocenters. The fraction of sp³-hybridized carbons (Fsp3) is 0.625. The zero-order chi connectivity index (χ0) is 15.1. The van der Waals surface area contributed by atoms with Crippen molar-refractivity contribution in [3.8, 4) is 0 Å². The minimum absolute atomic E-state index is 0.0700. The molecule has 2 heterocycles. The summed E-state index contributed by atoms with van der Waals surface area (Å²) in [7, 11) is 0. The zero-order valence-electron chi connectivity index (χ0n) is 13.3. The van der Waals surface area contributed by atoms with Gasteiger partial charge >= 0.3 is 0 Å². The van der Waals surface area contributed by atoms with E-state index in [0.29, 0.717) is 5.88 Å². The Morgan fingerprint density at radius 1 is 1.20 bits per heavy atom. The molecule has 2 aromatic heterocycles. The number of imidazole rings is 1. The Labute approximate surface area is 126 Å². The second kappa shape index (κ2) is 5.03. The Kier molecular flexibility index (Phi) is 3.85. The molecule has 2 rings (SSSR count). The van der Waals surface area contributed by atoms with Crippen LogP contribution in [0.1, 0.15) is 52.4 Å². The van der Waals surface area contributed by atoms with E-state index in [1.54, 1.807) is 0 Å². The van der Waals surface area contributed by atoms with E-state index in [4.69, 9.17) is 11.6 Å². The average molecular weight is 294 g/mol. The first kappa shape index (κ1) is 15.3. The molecule has 0 spiro atoms. The van der Waals surface area contributed by atoms with E-state index in [-0.39, 0.29) is 11.0 Å². The highest BCUT2D eigenvalue weighted by Gasteiger charge is 2.31. The van der Waals surface area contributed by atoms with Crippen LogP contribution in [0.3, 0.4) is 0 Å². The molecule has 3 nitrogen and oxygen atoms in total. The zero-order valence-corrected chi connectivity index (χ0v) is 14.0. The summed E-state index contributed by atoms with van der Waals surface area (Å²) in [5.74, 6) is 1.30. The van der Waals surface area contributed by atoms with Gasteiger partial charge in [0, 0.05) is 11.7 Å². The summed E-state index contributed by atoms with van der Waals surface area (Å²) in [5.41, 5.74) is 3.15. The van der Waals surface area contributed by atoms with Crippen LogP contribution in [0.2, 0.25) is 0 Å². The molecule has 0 aliphatic heterocycles. The van der Waals surface area contributed by atoms with Crippen molar-refractivity contribution in [2.24, 2.45) is 5.41 Å². The topological polar surface area (TPSA) is 30.7 Å². The van der Waals surface area contributed by atoms with Crippen molar-refractivity contribution in [1.82, 2.24) is 14.5 Å². The van der Waals surface area contributed by atoms with Gasteiger partial charge in [0.25, 0.3) is 0 Å². The smallest absolute Gasteiger partial charge is 0.160 e. The molecular weight excluding hydrogens is 270 g/mol. The Balaban J connectivity index is 2.62. The SMILES string of the molecule is Cc1cnc2c(c1)nc(CCl)n2C(C)(C)CC(C)(C)C. The summed E-state index contributed by atoms with van der Waals surface area (Å²) in [6, 6.07) is 2.07. The van der Waals surface area contributed by atoms with Gasteiger partial charge in [-0.2, -0.15) is 0 Å². The molecule has 0 aromatic carbocycles. The number of halogens is 1. The Morgan fingerprint density at radius 3 is 2.40 bits per heavy atom. The summed E-state index contributed by atoms with van der Waals surface area (Å²) in [4.78, 5) is 9.24. The minimum Gasteiger partial charge on any atom is -0.306 e. The number of alkyl halides is 1. The number of aromatic nitrogens is 3. The van der Waals surface area contributed by atoms with Crippen LogP contribution in [0.25, 0.3) is 11.2 Å². The highest BCUT2D eigenvalue weighted by atomic mass is 35.5. The molecule has 4 heteroatoms. The second-order valence-corrected chi connectivity index (χ2v) is 7.67. The molecule has 20 heavy (non-hydrogen) atoms. The monoisotopic (exact) mass is 293 g/mol. The Hall–Kier alpha value is -1.09. The van der Waals surface area contributed by atoms with Crippen LogP contribution in [-0.4, -0.2) is 14.5 Å². The van der Waals surface area contributed by atoms with Gasteiger partial charge in [0.1, 0.15) is 11.3 Å². The van der Waals surface area contributed by atoms with Crippen LogP contribution in [0.15, 0.2) is 12.3 Å². The summed E-state index contributed by atoms with van der Waals surface area (Å²) >= 11 is 6.11. The van der Waals surface area contributed by atoms with Gasteiger partial charge in [-0.3, -0.25) is 0 Å². The molecule has 0 unspecified atom stereocenters. The van der Waals surface area contributed by atoms with E-state index in [2.05, 4.69) is 55.2 Å². The number of rotatable bonds is 3. The van der Waals surface area contributed by atoms with Crippen molar-refractivity contribution in [1.29, 1.82) is 0 Å². The van der Waals surface area contributed by atoms with E-state index in [1.807, 2.05) is 13.1 Å². The lowest BCUT2D eigenvalue weighted by molar-refractivity contribution is 0.215. The van der Waals surface area contributed by atoms with Crippen LogP contribution in [0.4, 0.5) is 0 Å². The second-order valence-electron chi connectivity index (χ2n) is 7.40. The largest absolute Gasteiger partial charge is 0.306 e. The standard InChI is InChI=1S/C16H24ClN3/c1-11-7-12-14(18-9-11)20(13(8-17)19-12)16(5,6)10-15(2,3)4/h7,9H,8,10H2,1-6H3. The van der Waals surface area contributed by atoms with E-state index in [0.717, 1.165) is 29.0 Å². The van der Waals surface area contributed by atoms with Crippen molar-refractivity contribution >= 4 is 22.8 Å². The van der Waals surface area contributed by atoms with Crippen LogP contribution in [0, 0.1) is 12.3 Å². The quantitative estimate of drug-likeness (QED) is 0.771. The minimum atomic E-state index is -0.0700. The number of hydrogen-bond donors (Lipinski definition) is 0. The summed E-state index contributed by atoms with van der Waals surface area (Å²) < 4.78 is 2.21. The first-order valence-electron chi connectivity index (χ1n) is 7.04. The Bertz CT molecular complexity index is 620. The molecule has 0 saturated heterocycles. The maximum Gasteiger partial charge on any atom is 0.160 e. The van der Waals surface area contributed by atoms with Gasteiger partial charge in [-0.25, -0.2) is 9.97 Å². The van der Waals surface area contributed by atoms with E-state index in [1.165, 1.54) is 0 Å². The molecule has 0 aliphatic rings. The lowest BCUT2D eigenvalue weighted by atomic mass is 9.81. The van der Waals surface area contributed by atoms with Gasteiger partial charge < -0.3 is 4.57 Å². The molecule has 0 fully saturated rings. The van der Waals surface area contributed by atoms with Gasteiger partial charge in [0.15, 0.2) is 5.65 Å². The fourth-order valence-corrected chi connectivity index (χ4v) is 3.39. The van der Waals surface area contributed by atoms with Gasteiger partial charge in [0.05, 0.1) is 5.88 Å². The molecule has 2 aromatic rings. The van der Waals surface area contributed by atoms with Gasteiger partial charge in [-0.1, -0.05) is 20.8 Å². The maximum atomic E-state index is 6.11. The van der Waals surface area contributed by atoms with E-state index >= 15 is 0 Å². The third-order valence-corrected chi connectivity index (χ3v) is 3.63. The average Bonchev–Trinajstić information content (AvgIpc) is 2.63. The van der Waals surface area contributed by atoms with Crippen LogP contribution >= 0.6 is 11.6 Å². The van der Waals surface area contributed by atoms with Gasteiger partial charge in [0.2, 0.25) is 0 Å². The third-order valence-electron chi connectivity index (χ3n) is 3.39. The van der Waals surface area contributed by atoms with Crippen molar-refractivity contribution < 1.29 is 0 Å². The molecule has 0 saturated carbocycles. The molecule has 0 bridgehead atoms. The third kappa shape index (κ3) is 2.98. The first-order valence-corrected chi connectivity index (χ1v) is 7.58. The van der Waals surface area contributed by atoms with Crippen LogP contribution < -0.4 is 0 Å². The number of fused-ring (bicyclic) bond motifs is 1. The molecule has 0 aliphatic carbocycles. The molecular formula is C16H24ClN3. The van der Waals surface area contributed by atoms with Crippen LogP contribution in [-0.2, 0) is 11.4 Å². The number of nitrogens with zero attached hydrogens (tertiary/aromatic N) is 3. The lowest BCUT2D eigenvalue weighted by Crippen LogP contribution is -2.32. The van der Waals surface area contributed by atoms with Crippen molar-refractivity contribution in [2.75, 3.05) is 0 Å². The lowest BCUT2D eigenvalue weighted by Gasteiger charge is -2.35. The Morgan fingerprint density at radius 2 is 1.85 bits per heavy atom. The highest BCUT2D eigenvalue weighted by molar-refractivity contribution is 6.16. The van der Waals surface area contributed by atoms with Gasteiger partial charge in [-0.05, 0) is 44.2 Å². The van der Waals surface area contributed by atoms with Crippen LogP contribution in [0.5, 0.6) is 0 Å². The van der Waals surface area contributed by atoms with Crippen molar-refractivity contribution in [3.63, 3.8) is 0 Å². The predicted octanol–water partition coefficient (Wildman–Crippen LogP) is 4.65. The number of hydrogen-bond acceptors (Lipinski definition) is 2. The summed E-state index contributed by atoms with van der Waals surface area (Å²) in [5, 5.41) is 0. The molecule has 0 radical (unpaired) electrons. The molecule has 110 valence electrons. The van der Waals surface area contributed by atoms with Crippen molar-refractivity contribution in [3.05, 3.63) is 23.7 Å². The highest BCUT2D eigenvalue weighted by Crippen LogP contribution is 2.35. The first-order chi connectivity index (χ1) is 9.14. The normalized spacial score (nSPS) is 13.2. The maximum absolute atomic E-state index is 6.11. The van der Waals surface area contributed by atoms with Crippen molar-refractivity contribution in [2.45, 2.75) is 59.4 Å².